The molecule has 2 fully saturated rings. The smallest absolute Gasteiger partial charge is 0.222 e. The molecule has 1 saturated carbocycles. The molecule has 2 aliphatic rings. The molecular weight excluding hydrogens is 288 g/mol. The van der Waals surface area contributed by atoms with E-state index in [0.717, 1.165) is 38.2 Å². The average Bonchev–Trinajstić information content (AvgIpc) is 3.18. The van der Waals surface area contributed by atoms with Crippen LogP contribution in [0.15, 0.2) is 6.33 Å². The van der Waals surface area contributed by atoms with Gasteiger partial charge in [0.1, 0.15) is 12.2 Å². The van der Waals surface area contributed by atoms with Crippen molar-refractivity contribution in [3.63, 3.8) is 0 Å². The lowest BCUT2D eigenvalue weighted by atomic mass is 9.87. The van der Waals surface area contributed by atoms with Gasteiger partial charge in [-0.1, -0.05) is 19.3 Å². The van der Waals surface area contributed by atoms with Gasteiger partial charge in [-0.05, 0) is 44.9 Å². The predicted octanol–water partition coefficient (Wildman–Crippen LogP) is 3.22. The van der Waals surface area contributed by atoms with Crippen molar-refractivity contribution in [2.45, 2.75) is 71.3 Å². The second-order valence-corrected chi connectivity index (χ2v) is 7.65. The van der Waals surface area contributed by atoms with E-state index in [1.807, 2.05) is 6.33 Å². The second kappa shape index (κ2) is 7.45. The number of carbonyl (C=O) groups excluding carboxylic acids is 1. The van der Waals surface area contributed by atoms with Gasteiger partial charge < -0.3 is 9.47 Å². The van der Waals surface area contributed by atoms with Crippen LogP contribution in [-0.2, 0) is 11.2 Å². The largest absolute Gasteiger partial charge is 0.342 e. The van der Waals surface area contributed by atoms with E-state index in [-0.39, 0.29) is 0 Å². The molecule has 1 aliphatic carbocycles. The van der Waals surface area contributed by atoms with Crippen molar-refractivity contribution in [2.24, 2.45) is 11.8 Å². The molecule has 1 amide bonds. The molecule has 1 aliphatic heterocycles. The molecule has 1 aromatic rings. The van der Waals surface area contributed by atoms with Gasteiger partial charge in [-0.25, -0.2) is 0 Å². The van der Waals surface area contributed by atoms with Gasteiger partial charge in [0.2, 0.25) is 5.91 Å². The number of hydrogen-bond donors (Lipinski definition) is 0. The van der Waals surface area contributed by atoms with Crippen LogP contribution in [0.3, 0.4) is 0 Å². The van der Waals surface area contributed by atoms with E-state index in [2.05, 4.69) is 33.5 Å². The Balaban J connectivity index is 1.49. The summed E-state index contributed by atoms with van der Waals surface area (Å²) in [7, 11) is 0. The molecule has 0 N–H and O–H groups in total. The van der Waals surface area contributed by atoms with Crippen LogP contribution in [0.4, 0.5) is 0 Å². The van der Waals surface area contributed by atoms with E-state index in [9.17, 15) is 4.79 Å². The number of likely N-dealkylation sites (tertiary alicyclic amines) is 1. The zero-order valence-corrected chi connectivity index (χ0v) is 14.6. The van der Waals surface area contributed by atoms with Gasteiger partial charge in [0, 0.05) is 32.0 Å². The Morgan fingerprint density at radius 1 is 1.22 bits per heavy atom. The van der Waals surface area contributed by atoms with Gasteiger partial charge in [-0.2, -0.15) is 0 Å². The minimum atomic E-state index is 0.379. The highest BCUT2D eigenvalue weighted by atomic mass is 16.2. The first-order valence-corrected chi connectivity index (χ1v) is 9.29. The Morgan fingerprint density at radius 3 is 2.74 bits per heavy atom. The van der Waals surface area contributed by atoms with E-state index in [1.165, 1.54) is 32.1 Å². The molecule has 5 nitrogen and oxygen atoms in total. The molecule has 3 rings (SSSR count). The molecule has 5 heteroatoms. The fraction of sp³-hybridized carbons (Fsp3) is 0.833. The summed E-state index contributed by atoms with van der Waals surface area (Å²) in [5.74, 6) is 2.61. The maximum atomic E-state index is 12.5. The number of carbonyl (C=O) groups is 1. The van der Waals surface area contributed by atoms with Crippen LogP contribution < -0.4 is 0 Å². The Labute approximate surface area is 139 Å². The van der Waals surface area contributed by atoms with Gasteiger partial charge in [-0.3, -0.25) is 4.79 Å². The highest BCUT2D eigenvalue weighted by Crippen LogP contribution is 2.28. The summed E-state index contributed by atoms with van der Waals surface area (Å²) in [4.78, 5) is 14.6. The molecule has 0 aromatic carbocycles. The molecule has 0 radical (unpaired) electrons. The van der Waals surface area contributed by atoms with Crippen molar-refractivity contribution < 1.29 is 4.79 Å². The van der Waals surface area contributed by atoms with Crippen LogP contribution in [0.1, 0.15) is 70.7 Å². The quantitative estimate of drug-likeness (QED) is 0.837. The molecule has 1 unspecified atom stereocenters. The monoisotopic (exact) mass is 318 g/mol. The van der Waals surface area contributed by atoms with Gasteiger partial charge in [0.25, 0.3) is 0 Å². The lowest BCUT2D eigenvalue weighted by molar-refractivity contribution is -0.131. The van der Waals surface area contributed by atoms with Crippen molar-refractivity contribution in [1.82, 2.24) is 19.7 Å². The third-order valence-corrected chi connectivity index (χ3v) is 5.50. The maximum Gasteiger partial charge on any atom is 0.222 e. The summed E-state index contributed by atoms with van der Waals surface area (Å²) < 4.78 is 2.15. The Kier molecular flexibility index (Phi) is 5.34. The van der Waals surface area contributed by atoms with E-state index in [4.69, 9.17) is 0 Å². The third kappa shape index (κ3) is 4.12. The Morgan fingerprint density at radius 2 is 2.00 bits per heavy atom. The SMILES string of the molecule is CC(C)n1cnnc1CC1CCN(C(=O)CC2CCCCC2)C1. The minimum Gasteiger partial charge on any atom is -0.342 e. The van der Waals surface area contributed by atoms with Gasteiger partial charge in [0.05, 0.1) is 0 Å². The van der Waals surface area contributed by atoms with Crippen molar-refractivity contribution in [2.75, 3.05) is 13.1 Å². The minimum absolute atomic E-state index is 0.379. The normalized spacial score (nSPS) is 22.9. The highest BCUT2D eigenvalue weighted by Gasteiger charge is 2.29. The summed E-state index contributed by atoms with van der Waals surface area (Å²) in [5, 5.41) is 8.32. The Bertz CT molecular complexity index is 519. The topological polar surface area (TPSA) is 51.0 Å². The van der Waals surface area contributed by atoms with Crippen LogP contribution in [-0.4, -0.2) is 38.7 Å². The first-order valence-electron chi connectivity index (χ1n) is 9.29. The van der Waals surface area contributed by atoms with Crippen LogP contribution in [0.25, 0.3) is 0 Å². The van der Waals surface area contributed by atoms with Crippen LogP contribution >= 0.6 is 0 Å². The number of rotatable bonds is 5. The van der Waals surface area contributed by atoms with E-state index >= 15 is 0 Å². The van der Waals surface area contributed by atoms with Crippen molar-refractivity contribution in [3.05, 3.63) is 12.2 Å². The summed E-state index contributed by atoms with van der Waals surface area (Å²) in [6.07, 6.45) is 11.1. The van der Waals surface area contributed by atoms with Gasteiger partial charge in [0.15, 0.2) is 0 Å². The van der Waals surface area contributed by atoms with Crippen LogP contribution in [0.5, 0.6) is 0 Å². The average molecular weight is 318 g/mol. The van der Waals surface area contributed by atoms with E-state index < -0.39 is 0 Å². The van der Waals surface area contributed by atoms with Gasteiger partial charge in [-0.15, -0.1) is 10.2 Å². The predicted molar refractivity (Wildman–Crippen MR) is 90.0 cm³/mol. The fourth-order valence-corrected chi connectivity index (χ4v) is 4.10. The van der Waals surface area contributed by atoms with Crippen LogP contribution in [0, 0.1) is 11.8 Å². The first kappa shape index (κ1) is 16.5. The molecule has 1 aromatic heterocycles. The summed E-state index contributed by atoms with van der Waals surface area (Å²) >= 11 is 0. The highest BCUT2D eigenvalue weighted by molar-refractivity contribution is 5.76. The summed E-state index contributed by atoms with van der Waals surface area (Å²) in [6, 6.07) is 0.394. The maximum absolute atomic E-state index is 12.5. The van der Waals surface area contributed by atoms with Crippen LogP contribution in [0.2, 0.25) is 0 Å². The number of hydrogen-bond acceptors (Lipinski definition) is 3. The second-order valence-electron chi connectivity index (χ2n) is 7.65. The molecule has 23 heavy (non-hydrogen) atoms. The van der Waals surface area contributed by atoms with Crippen molar-refractivity contribution in [3.8, 4) is 0 Å². The zero-order chi connectivity index (χ0) is 16.2. The molecule has 0 bridgehead atoms. The molecule has 1 atom stereocenters. The Hall–Kier alpha value is -1.39. The zero-order valence-electron chi connectivity index (χ0n) is 14.6. The number of aromatic nitrogens is 3. The third-order valence-electron chi connectivity index (χ3n) is 5.50. The molecule has 2 heterocycles. The van der Waals surface area contributed by atoms with E-state index in [0.29, 0.717) is 23.8 Å². The number of amides is 1. The molecule has 128 valence electrons. The van der Waals surface area contributed by atoms with Crippen molar-refractivity contribution >= 4 is 5.91 Å². The summed E-state index contributed by atoms with van der Waals surface area (Å²) in [6.45, 7) is 6.13. The standard InChI is InChI=1S/C18H30N4O/c1-14(2)22-13-19-20-17(22)10-16-8-9-21(12-16)18(23)11-15-6-4-3-5-7-15/h13-16H,3-12H2,1-2H3. The van der Waals surface area contributed by atoms with Gasteiger partial charge >= 0.3 is 0 Å². The molecule has 1 saturated heterocycles. The summed E-state index contributed by atoms with van der Waals surface area (Å²) in [5.41, 5.74) is 0. The first-order chi connectivity index (χ1) is 11.1. The lowest BCUT2D eigenvalue weighted by Gasteiger charge is -2.24. The number of nitrogens with zero attached hydrogens (tertiary/aromatic N) is 4. The van der Waals surface area contributed by atoms with Crippen molar-refractivity contribution in [1.29, 1.82) is 0 Å². The van der Waals surface area contributed by atoms with E-state index in [1.54, 1.807) is 0 Å². The lowest BCUT2D eigenvalue weighted by Crippen LogP contribution is -2.31. The molecular formula is C18H30N4O. The fourth-order valence-electron chi connectivity index (χ4n) is 4.10. The molecule has 0 spiro atoms.